The second-order valence-corrected chi connectivity index (χ2v) is 6.21. The number of nitrogens with zero attached hydrogens (tertiary/aromatic N) is 2. The van der Waals surface area contributed by atoms with Crippen molar-refractivity contribution >= 4 is 11.7 Å². The number of rotatable bonds is 5. The fourth-order valence-electron chi connectivity index (χ4n) is 2.83. The Morgan fingerprint density at radius 2 is 1.92 bits per heavy atom. The second-order valence-electron chi connectivity index (χ2n) is 6.21. The SMILES string of the molecule is CC(C)C(NC(=O)c1[nH]nc(N)c1-c1ccccc1)c1cccnc1. The van der Waals surface area contributed by atoms with Gasteiger partial charge in [0.15, 0.2) is 5.82 Å². The Bertz CT molecular complexity index is 843. The highest BCUT2D eigenvalue weighted by atomic mass is 16.2. The van der Waals surface area contributed by atoms with E-state index in [1.165, 1.54) is 0 Å². The van der Waals surface area contributed by atoms with Crippen molar-refractivity contribution in [1.29, 1.82) is 0 Å². The van der Waals surface area contributed by atoms with E-state index in [4.69, 9.17) is 5.73 Å². The molecule has 128 valence electrons. The normalized spacial score (nSPS) is 12.1. The number of aromatic nitrogens is 3. The van der Waals surface area contributed by atoms with Crippen LogP contribution in [0.3, 0.4) is 0 Å². The summed E-state index contributed by atoms with van der Waals surface area (Å²) in [5.74, 6) is 0.262. The van der Waals surface area contributed by atoms with Gasteiger partial charge < -0.3 is 11.1 Å². The van der Waals surface area contributed by atoms with Gasteiger partial charge in [-0.25, -0.2) is 0 Å². The van der Waals surface area contributed by atoms with Gasteiger partial charge in [0, 0.05) is 12.4 Å². The molecule has 1 atom stereocenters. The van der Waals surface area contributed by atoms with Crippen LogP contribution in [0.25, 0.3) is 11.1 Å². The zero-order valence-corrected chi connectivity index (χ0v) is 14.2. The summed E-state index contributed by atoms with van der Waals surface area (Å²) in [5.41, 5.74) is 8.76. The van der Waals surface area contributed by atoms with Crippen LogP contribution in [-0.2, 0) is 0 Å². The topological polar surface area (TPSA) is 96.7 Å². The summed E-state index contributed by atoms with van der Waals surface area (Å²) >= 11 is 0. The minimum Gasteiger partial charge on any atom is -0.382 e. The Hall–Kier alpha value is -3.15. The lowest BCUT2D eigenvalue weighted by atomic mass is 9.97. The summed E-state index contributed by atoms with van der Waals surface area (Å²) in [6.45, 7) is 4.11. The first-order valence-corrected chi connectivity index (χ1v) is 8.18. The maximum atomic E-state index is 12.9. The summed E-state index contributed by atoms with van der Waals surface area (Å²) < 4.78 is 0. The first kappa shape index (κ1) is 16.7. The van der Waals surface area contributed by atoms with Crippen LogP contribution in [0, 0.1) is 5.92 Å². The third-order valence-electron chi connectivity index (χ3n) is 4.08. The molecule has 2 aromatic heterocycles. The van der Waals surface area contributed by atoms with E-state index < -0.39 is 0 Å². The van der Waals surface area contributed by atoms with E-state index in [1.807, 2.05) is 42.5 Å². The monoisotopic (exact) mass is 335 g/mol. The number of nitrogen functional groups attached to an aromatic ring is 1. The number of aromatic amines is 1. The lowest BCUT2D eigenvalue weighted by molar-refractivity contribution is 0.0921. The number of H-pyrrole nitrogens is 1. The van der Waals surface area contributed by atoms with Gasteiger partial charge in [-0.05, 0) is 23.1 Å². The van der Waals surface area contributed by atoms with E-state index >= 15 is 0 Å². The highest BCUT2D eigenvalue weighted by Gasteiger charge is 2.24. The summed E-state index contributed by atoms with van der Waals surface area (Å²) in [7, 11) is 0. The molecular weight excluding hydrogens is 314 g/mol. The molecule has 0 spiro atoms. The van der Waals surface area contributed by atoms with Crippen molar-refractivity contribution in [2.45, 2.75) is 19.9 Å². The van der Waals surface area contributed by atoms with Crippen molar-refractivity contribution in [2.75, 3.05) is 5.73 Å². The van der Waals surface area contributed by atoms with Gasteiger partial charge in [-0.3, -0.25) is 14.9 Å². The minimum absolute atomic E-state index is 0.158. The molecule has 3 aromatic rings. The number of hydrogen-bond donors (Lipinski definition) is 3. The van der Waals surface area contributed by atoms with E-state index in [-0.39, 0.29) is 17.9 Å². The summed E-state index contributed by atoms with van der Waals surface area (Å²) in [5, 5.41) is 9.85. The number of amides is 1. The third-order valence-corrected chi connectivity index (χ3v) is 4.08. The van der Waals surface area contributed by atoms with Gasteiger partial charge in [-0.15, -0.1) is 0 Å². The predicted octanol–water partition coefficient (Wildman–Crippen LogP) is 3.18. The number of anilines is 1. The van der Waals surface area contributed by atoms with Crippen LogP contribution in [-0.4, -0.2) is 21.1 Å². The smallest absolute Gasteiger partial charge is 0.270 e. The van der Waals surface area contributed by atoms with Gasteiger partial charge in [0.2, 0.25) is 0 Å². The quantitative estimate of drug-likeness (QED) is 0.667. The second kappa shape index (κ2) is 7.17. The van der Waals surface area contributed by atoms with Gasteiger partial charge in [0.1, 0.15) is 5.69 Å². The lowest BCUT2D eigenvalue weighted by Gasteiger charge is -2.22. The average molecular weight is 335 g/mol. The van der Waals surface area contributed by atoms with Crippen LogP contribution in [0.15, 0.2) is 54.9 Å². The fraction of sp³-hybridized carbons (Fsp3) is 0.211. The zero-order chi connectivity index (χ0) is 17.8. The van der Waals surface area contributed by atoms with Crippen LogP contribution in [0.5, 0.6) is 0 Å². The average Bonchev–Trinajstić information content (AvgIpc) is 3.02. The Morgan fingerprint density at radius 1 is 1.16 bits per heavy atom. The summed E-state index contributed by atoms with van der Waals surface area (Å²) in [6.07, 6.45) is 3.48. The molecule has 25 heavy (non-hydrogen) atoms. The Labute approximate surface area is 146 Å². The molecule has 1 unspecified atom stereocenters. The molecule has 0 fully saturated rings. The molecule has 0 bridgehead atoms. The summed E-state index contributed by atoms with van der Waals surface area (Å²) in [6, 6.07) is 13.2. The van der Waals surface area contributed by atoms with Gasteiger partial charge in [0.05, 0.1) is 11.6 Å². The number of hydrogen-bond acceptors (Lipinski definition) is 4. The summed E-state index contributed by atoms with van der Waals surface area (Å²) in [4.78, 5) is 17.0. The maximum absolute atomic E-state index is 12.9. The number of pyridine rings is 1. The predicted molar refractivity (Wildman–Crippen MR) is 97.7 cm³/mol. The third kappa shape index (κ3) is 3.52. The van der Waals surface area contributed by atoms with Crippen LogP contribution in [0.1, 0.15) is 35.9 Å². The van der Waals surface area contributed by atoms with Gasteiger partial charge in [0.25, 0.3) is 5.91 Å². The van der Waals surface area contributed by atoms with E-state index in [9.17, 15) is 4.79 Å². The Kier molecular flexibility index (Phi) is 4.79. The van der Waals surface area contributed by atoms with E-state index in [0.717, 1.165) is 11.1 Å². The molecule has 0 aliphatic heterocycles. The van der Waals surface area contributed by atoms with Crippen molar-refractivity contribution in [1.82, 2.24) is 20.5 Å². The molecule has 0 saturated carbocycles. The van der Waals surface area contributed by atoms with E-state index in [2.05, 4.69) is 34.3 Å². The van der Waals surface area contributed by atoms with Crippen molar-refractivity contribution in [3.05, 3.63) is 66.1 Å². The standard InChI is InChI=1S/C19H21N5O/c1-12(2)16(14-9-6-10-21-11-14)22-19(25)17-15(18(20)24-23-17)13-7-4-3-5-8-13/h3-12,16H,1-2H3,(H,22,25)(H3,20,23,24). The largest absolute Gasteiger partial charge is 0.382 e. The van der Waals surface area contributed by atoms with Crippen molar-refractivity contribution in [2.24, 2.45) is 5.92 Å². The van der Waals surface area contributed by atoms with Crippen molar-refractivity contribution in [3.63, 3.8) is 0 Å². The molecule has 1 aromatic carbocycles. The molecule has 6 nitrogen and oxygen atoms in total. The zero-order valence-electron chi connectivity index (χ0n) is 14.2. The highest BCUT2D eigenvalue weighted by molar-refractivity contribution is 6.01. The number of nitrogens with two attached hydrogens (primary N) is 1. The molecule has 0 aliphatic carbocycles. The van der Waals surface area contributed by atoms with E-state index in [0.29, 0.717) is 17.1 Å². The van der Waals surface area contributed by atoms with Crippen molar-refractivity contribution in [3.8, 4) is 11.1 Å². The van der Waals surface area contributed by atoms with Gasteiger partial charge in [-0.1, -0.05) is 50.2 Å². The van der Waals surface area contributed by atoms with Crippen molar-refractivity contribution < 1.29 is 4.79 Å². The number of carbonyl (C=O) groups is 1. The Balaban J connectivity index is 1.91. The van der Waals surface area contributed by atoms with Crippen LogP contribution in [0.2, 0.25) is 0 Å². The molecule has 4 N–H and O–H groups in total. The fourth-order valence-corrected chi connectivity index (χ4v) is 2.83. The number of nitrogens with one attached hydrogen (secondary N) is 2. The van der Waals surface area contributed by atoms with Crippen LogP contribution >= 0.6 is 0 Å². The number of benzene rings is 1. The number of carbonyl (C=O) groups excluding carboxylic acids is 1. The maximum Gasteiger partial charge on any atom is 0.270 e. The first-order chi connectivity index (χ1) is 12.1. The Morgan fingerprint density at radius 3 is 2.56 bits per heavy atom. The minimum atomic E-state index is -0.245. The first-order valence-electron chi connectivity index (χ1n) is 8.18. The van der Waals surface area contributed by atoms with Gasteiger partial charge in [-0.2, -0.15) is 5.10 Å². The van der Waals surface area contributed by atoms with Gasteiger partial charge >= 0.3 is 0 Å². The molecule has 0 saturated heterocycles. The molecule has 1 amide bonds. The molecule has 6 heteroatoms. The molecule has 0 aliphatic rings. The van der Waals surface area contributed by atoms with Crippen LogP contribution < -0.4 is 11.1 Å². The molecule has 2 heterocycles. The molecule has 3 rings (SSSR count). The molecule has 0 radical (unpaired) electrons. The lowest BCUT2D eigenvalue weighted by Crippen LogP contribution is -2.32. The molecular formula is C19H21N5O. The van der Waals surface area contributed by atoms with Crippen LogP contribution in [0.4, 0.5) is 5.82 Å². The highest BCUT2D eigenvalue weighted by Crippen LogP contribution is 2.29. The van der Waals surface area contributed by atoms with E-state index in [1.54, 1.807) is 12.4 Å².